The summed E-state index contributed by atoms with van der Waals surface area (Å²) in [6.07, 6.45) is 0.600. The van der Waals surface area contributed by atoms with E-state index in [2.05, 4.69) is 10.6 Å². The minimum absolute atomic E-state index is 0.172. The molecule has 1 rings (SSSR count). The van der Waals surface area contributed by atoms with Crippen LogP contribution in [0, 0.1) is 18.6 Å². The van der Waals surface area contributed by atoms with E-state index in [0.29, 0.717) is 5.56 Å². The number of hydrogen-bond donors (Lipinski definition) is 2. The first-order valence-electron chi connectivity index (χ1n) is 8.08. The predicted molar refractivity (Wildman–Crippen MR) is 93.7 cm³/mol. The summed E-state index contributed by atoms with van der Waals surface area (Å²) in [4.78, 5) is 24.4. The lowest BCUT2D eigenvalue weighted by Crippen LogP contribution is -2.33. The Balaban J connectivity index is 2.86. The molecule has 2 N–H and O–H groups in total. The van der Waals surface area contributed by atoms with Crippen molar-refractivity contribution in [1.82, 2.24) is 10.6 Å². The first kappa shape index (κ1) is 22.7. The van der Waals surface area contributed by atoms with Gasteiger partial charge in [0.25, 0.3) is 5.91 Å². The Morgan fingerprint density at radius 2 is 1.74 bits per heavy atom. The van der Waals surface area contributed by atoms with Crippen molar-refractivity contribution in [3.05, 3.63) is 46.7 Å². The Bertz CT molecular complexity index is 667. The predicted octanol–water partition coefficient (Wildman–Crippen LogP) is 1.20. The van der Waals surface area contributed by atoms with Crippen LogP contribution >= 0.6 is 0 Å². The number of aryl methyl sites for hydroxylation is 1. The summed E-state index contributed by atoms with van der Waals surface area (Å²) in [6.45, 7) is 0.988. The number of ketones is 1. The van der Waals surface area contributed by atoms with Gasteiger partial charge in [0.05, 0.1) is 6.54 Å². The van der Waals surface area contributed by atoms with Gasteiger partial charge in [0.2, 0.25) is 0 Å². The van der Waals surface area contributed by atoms with Crippen LogP contribution in [0.3, 0.4) is 0 Å². The molecule has 1 aromatic carbocycles. The zero-order valence-corrected chi connectivity index (χ0v) is 15.7. The summed E-state index contributed by atoms with van der Waals surface area (Å²) in [5.74, 6) is -2.94. The van der Waals surface area contributed by atoms with Crippen molar-refractivity contribution in [3.63, 3.8) is 0 Å². The lowest BCUT2D eigenvalue weighted by Gasteiger charge is -2.14. The molecule has 0 bridgehead atoms. The Kier molecular flexibility index (Phi) is 9.55. The lowest BCUT2D eigenvalue weighted by atomic mass is 10.1. The number of Topliss-reactive ketones (excluding diaryl/α,β-unsaturated/α-hetero) is 1. The van der Waals surface area contributed by atoms with Gasteiger partial charge in [-0.3, -0.25) is 9.59 Å². The van der Waals surface area contributed by atoms with Crippen molar-refractivity contribution in [1.29, 1.82) is 0 Å². The maximum Gasteiger partial charge on any atom is 0.256 e. The molecule has 1 aromatic rings. The van der Waals surface area contributed by atoms with E-state index in [4.69, 9.17) is 14.2 Å². The van der Waals surface area contributed by atoms with E-state index in [0.717, 1.165) is 12.1 Å². The Morgan fingerprint density at radius 1 is 1.15 bits per heavy atom. The zero-order chi connectivity index (χ0) is 20.4. The van der Waals surface area contributed by atoms with E-state index in [-0.39, 0.29) is 24.3 Å². The average molecular weight is 386 g/mol. The summed E-state index contributed by atoms with van der Waals surface area (Å²) in [5, 5.41) is 5.08. The summed E-state index contributed by atoms with van der Waals surface area (Å²) < 4.78 is 42.5. The topological polar surface area (TPSA) is 85.9 Å². The highest BCUT2D eigenvalue weighted by molar-refractivity contribution is 6.19. The molecule has 27 heavy (non-hydrogen) atoms. The van der Waals surface area contributed by atoms with Gasteiger partial charge in [-0.2, -0.15) is 0 Å². The smallest absolute Gasteiger partial charge is 0.256 e. The molecule has 0 spiro atoms. The van der Waals surface area contributed by atoms with Crippen LogP contribution in [0.2, 0.25) is 0 Å². The number of halogens is 2. The van der Waals surface area contributed by atoms with Gasteiger partial charge in [0.15, 0.2) is 12.1 Å². The molecule has 0 radical (unpaired) electrons. The van der Waals surface area contributed by atoms with Gasteiger partial charge in [-0.25, -0.2) is 8.78 Å². The fourth-order valence-electron chi connectivity index (χ4n) is 2.16. The van der Waals surface area contributed by atoms with Crippen LogP contribution in [0.1, 0.15) is 11.1 Å². The SMILES string of the molecule is COCC(=O)/C(=C\NCC(OC)OC)C(=O)NCc1c(F)cc(C)cc1F. The minimum atomic E-state index is -0.796. The molecule has 9 heteroatoms. The lowest BCUT2D eigenvalue weighted by molar-refractivity contribution is -0.124. The van der Waals surface area contributed by atoms with Gasteiger partial charge in [-0.1, -0.05) is 0 Å². The van der Waals surface area contributed by atoms with Crippen LogP contribution in [-0.4, -0.2) is 52.5 Å². The van der Waals surface area contributed by atoms with Crippen LogP contribution in [0.5, 0.6) is 0 Å². The van der Waals surface area contributed by atoms with Crippen LogP contribution in [-0.2, 0) is 30.3 Å². The van der Waals surface area contributed by atoms with E-state index < -0.39 is 36.2 Å². The Morgan fingerprint density at radius 3 is 2.26 bits per heavy atom. The first-order chi connectivity index (χ1) is 12.8. The maximum absolute atomic E-state index is 13.9. The van der Waals surface area contributed by atoms with E-state index >= 15 is 0 Å². The molecule has 0 aliphatic rings. The molecule has 0 saturated carbocycles. The first-order valence-corrected chi connectivity index (χ1v) is 8.08. The number of nitrogens with one attached hydrogen (secondary N) is 2. The minimum Gasteiger partial charge on any atom is -0.385 e. The van der Waals surface area contributed by atoms with E-state index in [1.807, 2.05) is 0 Å². The number of hydrogen-bond acceptors (Lipinski definition) is 6. The average Bonchev–Trinajstić information content (AvgIpc) is 2.61. The van der Waals surface area contributed by atoms with Gasteiger partial charge in [-0.15, -0.1) is 0 Å². The van der Waals surface area contributed by atoms with Crippen molar-refractivity contribution in [2.45, 2.75) is 19.8 Å². The molecule has 0 heterocycles. The normalized spacial score (nSPS) is 11.6. The number of rotatable bonds is 11. The zero-order valence-electron chi connectivity index (χ0n) is 15.7. The summed E-state index contributed by atoms with van der Waals surface area (Å²) in [7, 11) is 4.19. The number of carbonyl (C=O) groups is 2. The fraction of sp³-hybridized carbons (Fsp3) is 0.444. The third-order valence-corrected chi connectivity index (χ3v) is 3.59. The van der Waals surface area contributed by atoms with Gasteiger partial charge < -0.3 is 24.8 Å². The second-order valence-corrected chi connectivity index (χ2v) is 5.61. The molecule has 0 aliphatic heterocycles. The quantitative estimate of drug-likeness (QED) is 0.257. The molecule has 0 saturated heterocycles. The molecule has 7 nitrogen and oxygen atoms in total. The second kappa shape index (κ2) is 11.4. The summed E-state index contributed by atoms with van der Waals surface area (Å²) in [5.41, 5.74) is -0.124. The maximum atomic E-state index is 13.9. The molecule has 0 unspecified atom stereocenters. The highest BCUT2D eigenvalue weighted by Gasteiger charge is 2.19. The highest BCUT2D eigenvalue weighted by atomic mass is 19.1. The molecule has 150 valence electrons. The van der Waals surface area contributed by atoms with Crippen LogP contribution in [0.15, 0.2) is 23.9 Å². The second-order valence-electron chi connectivity index (χ2n) is 5.61. The third-order valence-electron chi connectivity index (χ3n) is 3.59. The molecule has 0 aliphatic carbocycles. The van der Waals surface area contributed by atoms with Crippen molar-refractivity contribution >= 4 is 11.7 Å². The molecule has 0 fully saturated rings. The summed E-state index contributed by atoms with van der Waals surface area (Å²) in [6, 6.07) is 2.32. The van der Waals surface area contributed by atoms with E-state index in [9.17, 15) is 18.4 Å². The highest BCUT2D eigenvalue weighted by Crippen LogP contribution is 2.15. The monoisotopic (exact) mass is 386 g/mol. The molecule has 1 amide bonds. The Hall–Kier alpha value is -2.36. The fourth-order valence-corrected chi connectivity index (χ4v) is 2.16. The van der Waals surface area contributed by atoms with Gasteiger partial charge in [0, 0.05) is 39.6 Å². The van der Waals surface area contributed by atoms with E-state index in [1.165, 1.54) is 27.5 Å². The number of methoxy groups -OCH3 is 3. The van der Waals surface area contributed by atoms with Crippen LogP contribution < -0.4 is 10.6 Å². The van der Waals surface area contributed by atoms with Crippen molar-refractivity contribution in [2.75, 3.05) is 34.5 Å². The molecular formula is C18H24F2N2O5. The third kappa shape index (κ3) is 7.05. The van der Waals surface area contributed by atoms with Crippen molar-refractivity contribution < 1.29 is 32.6 Å². The van der Waals surface area contributed by atoms with Crippen LogP contribution in [0.4, 0.5) is 8.78 Å². The molecule has 0 atom stereocenters. The number of amides is 1. The Labute approximate surface area is 156 Å². The summed E-state index contributed by atoms with van der Waals surface area (Å²) >= 11 is 0. The van der Waals surface area contributed by atoms with Crippen molar-refractivity contribution in [2.24, 2.45) is 0 Å². The van der Waals surface area contributed by atoms with Gasteiger partial charge >= 0.3 is 0 Å². The van der Waals surface area contributed by atoms with Crippen molar-refractivity contribution in [3.8, 4) is 0 Å². The number of carbonyl (C=O) groups excluding carboxylic acids is 2. The standard InChI is InChI=1S/C18H24F2N2O5/c1-11-5-14(19)12(15(20)6-11)8-22-18(24)13(16(23)10-25-2)7-21-9-17(26-3)27-4/h5-7,17,21H,8-10H2,1-4H3,(H,22,24)/b13-7+. The largest absolute Gasteiger partial charge is 0.385 e. The van der Waals surface area contributed by atoms with Gasteiger partial charge in [0.1, 0.15) is 23.8 Å². The van der Waals surface area contributed by atoms with E-state index in [1.54, 1.807) is 6.92 Å². The number of benzene rings is 1. The van der Waals surface area contributed by atoms with Gasteiger partial charge in [-0.05, 0) is 24.6 Å². The molecule has 0 aromatic heterocycles. The molecular weight excluding hydrogens is 362 g/mol. The number of ether oxygens (including phenoxy) is 3. The van der Waals surface area contributed by atoms with Crippen LogP contribution in [0.25, 0.3) is 0 Å².